The normalized spacial score (nSPS) is 19.7. The molecule has 0 spiro atoms. The number of aliphatic hydroxyl groups excluding tert-OH is 1. The van der Waals surface area contributed by atoms with E-state index in [0.29, 0.717) is 23.6 Å². The zero-order chi connectivity index (χ0) is 16.0. The van der Waals surface area contributed by atoms with Crippen molar-refractivity contribution in [3.8, 4) is 11.4 Å². The molecule has 4 heterocycles. The number of β-amino-alcohol motifs (C(OH)–C–C–N with tert-alkyl or cyclic N) is 1. The van der Waals surface area contributed by atoms with Gasteiger partial charge in [-0.3, -0.25) is 4.79 Å². The molecule has 1 atom stereocenters. The molecule has 2 N–H and O–H groups in total. The van der Waals surface area contributed by atoms with Crippen molar-refractivity contribution in [3.05, 3.63) is 22.7 Å². The SMILES string of the molecule is O=C(c1nc(-c2cnc3c(c2Cl)CCN3)no1)N1CCC(O)C1. The van der Waals surface area contributed by atoms with Crippen LogP contribution in [0.2, 0.25) is 5.02 Å². The molecular weight excluding hydrogens is 322 g/mol. The fraction of sp³-hybridized carbons (Fsp3) is 0.429. The minimum atomic E-state index is -0.496. The zero-order valence-electron chi connectivity index (χ0n) is 12.1. The van der Waals surface area contributed by atoms with E-state index >= 15 is 0 Å². The molecule has 2 aromatic heterocycles. The van der Waals surface area contributed by atoms with E-state index in [1.54, 1.807) is 6.20 Å². The summed E-state index contributed by atoms with van der Waals surface area (Å²) in [7, 11) is 0. The van der Waals surface area contributed by atoms with E-state index in [2.05, 4.69) is 20.4 Å². The van der Waals surface area contributed by atoms with E-state index in [9.17, 15) is 9.90 Å². The minimum Gasteiger partial charge on any atom is -0.391 e. The predicted molar refractivity (Wildman–Crippen MR) is 81.3 cm³/mol. The Morgan fingerprint density at radius 1 is 1.52 bits per heavy atom. The lowest BCUT2D eigenvalue weighted by Crippen LogP contribution is -2.29. The number of aliphatic hydroxyl groups is 1. The highest BCUT2D eigenvalue weighted by Gasteiger charge is 2.30. The van der Waals surface area contributed by atoms with Crippen LogP contribution in [0.15, 0.2) is 10.7 Å². The van der Waals surface area contributed by atoms with Gasteiger partial charge in [0.1, 0.15) is 5.82 Å². The second-order valence-corrected chi connectivity index (χ2v) is 5.98. The maximum absolute atomic E-state index is 12.3. The van der Waals surface area contributed by atoms with Crippen LogP contribution in [0, 0.1) is 0 Å². The molecule has 1 unspecified atom stereocenters. The number of hydrogen-bond acceptors (Lipinski definition) is 7. The van der Waals surface area contributed by atoms with Crippen molar-refractivity contribution in [1.29, 1.82) is 0 Å². The number of nitrogens with zero attached hydrogens (tertiary/aromatic N) is 4. The number of hydrogen-bond donors (Lipinski definition) is 2. The number of aromatic nitrogens is 3. The Bertz CT molecular complexity index is 778. The van der Waals surface area contributed by atoms with Crippen LogP contribution in [0.3, 0.4) is 0 Å². The first-order valence-electron chi connectivity index (χ1n) is 7.36. The lowest BCUT2D eigenvalue weighted by atomic mass is 10.1. The Balaban J connectivity index is 1.62. The van der Waals surface area contributed by atoms with Crippen LogP contribution < -0.4 is 5.32 Å². The minimum absolute atomic E-state index is 0.108. The number of fused-ring (bicyclic) bond motifs is 1. The monoisotopic (exact) mass is 335 g/mol. The summed E-state index contributed by atoms with van der Waals surface area (Å²) < 4.78 is 5.07. The van der Waals surface area contributed by atoms with Gasteiger partial charge in [-0.25, -0.2) is 4.98 Å². The standard InChI is InChI=1S/C14H14ClN5O3/c15-10-8-1-3-16-11(8)17-5-9(10)12-18-13(23-19-12)14(22)20-4-2-7(21)6-20/h5,7,21H,1-4,6H2,(H,16,17). The van der Waals surface area contributed by atoms with E-state index in [0.717, 1.165) is 24.3 Å². The van der Waals surface area contributed by atoms with Crippen molar-refractivity contribution in [2.24, 2.45) is 0 Å². The van der Waals surface area contributed by atoms with Crippen molar-refractivity contribution in [2.75, 3.05) is 25.0 Å². The molecule has 1 saturated heterocycles. The Hall–Kier alpha value is -2.19. The summed E-state index contributed by atoms with van der Waals surface area (Å²) in [5.41, 5.74) is 1.46. The van der Waals surface area contributed by atoms with Crippen LogP contribution in [0.5, 0.6) is 0 Å². The largest absolute Gasteiger partial charge is 0.391 e. The molecule has 0 saturated carbocycles. The van der Waals surface area contributed by atoms with E-state index in [1.165, 1.54) is 4.90 Å². The lowest BCUT2D eigenvalue weighted by molar-refractivity contribution is 0.0716. The van der Waals surface area contributed by atoms with Crippen molar-refractivity contribution >= 4 is 23.3 Å². The quantitative estimate of drug-likeness (QED) is 0.842. The van der Waals surface area contributed by atoms with E-state index in [-0.39, 0.29) is 24.2 Å². The molecular formula is C14H14ClN5O3. The van der Waals surface area contributed by atoms with Gasteiger partial charge in [0.05, 0.1) is 16.7 Å². The Labute approximate surface area is 136 Å². The number of carbonyl (C=O) groups is 1. The van der Waals surface area contributed by atoms with Crippen molar-refractivity contribution < 1.29 is 14.4 Å². The predicted octanol–water partition coefficient (Wildman–Crippen LogP) is 0.960. The molecule has 2 aromatic rings. The zero-order valence-corrected chi connectivity index (χ0v) is 12.9. The van der Waals surface area contributed by atoms with Gasteiger partial charge in [-0.15, -0.1) is 0 Å². The molecule has 0 bridgehead atoms. The molecule has 1 fully saturated rings. The van der Waals surface area contributed by atoms with Crippen molar-refractivity contribution in [2.45, 2.75) is 18.9 Å². The molecule has 0 aromatic carbocycles. The molecule has 23 heavy (non-hydrogen) atoms. The molecule has 2 aliphatic heterocycles. The molecule has 8 nitrogen and oxygen atoms in total. The van der Waals surface area contributed by atoms with Crippen LogP contribution in [0.1, 0.15) is 22.7 Å². The number of anilines is 1. The first kappa shape index (κ1) is 14.4. The Morgan fingerprint density at radius 2 is 2.39 bits per heavy atom. The van der Waals surface area contributed by atoms with Crippen molar-refractivity contribution in [1.82, 2.24) is 20.0 Å². The van der Waals surface area contributed by atoms with Crippen LogP contribution in [0.4, 0.5) is 5.82 Å². The van der Waals surface area contributed by atoms with E-state index in [4.69, 9.17) is 16.1 Å². The first-order chi connectivity index (χ1) is 11.1. The maximum atomic E-state index is 12.3. The number of halogens is 1. The summed E-state index contributed by atoms with van der Waals surface area (Å²) in [5.74, 6) is 0.515. The maximum Gasteiger partial charge on any atom is 0.316 e. The second kappa shape index (κ2) is 5.47. The second-order valence-electron chi connectivity index (χ2n) is 5.61. The highest BCUT2D eigenvalue weighted by atomic mass is 35.5. The first-order valence-corrected chi connectivity index (χ1v) is 7.74. The van der Waals surface area contributed by atoms with Gasteiger partial charge in [-0.2, -0.15) is 4.98 Å². The van der Waals surface area contributed by atoms with Gasteiger partial charge in [-0.05, 0) is 12.8 Å². The molecule has 2 aliphatic rings. The van der Waals surface area contributed by atoms with Crippen LogP contribution in [0.25, 0.3) is 11.4 Å². The van der Waals surface area contributed by atoms with E-state index < -0.39 is 6.10 Å². The summed E-state index contributed by atoms with van der Waals surface area (Å²) in [6.07, 6.45) is 2.41. The summed E-state index contributed by atoms with van der Waals surface area (Å²) >= 11 is 6.39. The summed E-state index contributed by atoms with van der Waals surface area (Å²) in [4.78, 5) is 22.2. The fourth-order valence-electron chi connectivity index (χ4n) is 2.85. The third-order valence-corrected chi connectivity index (χ3v) is 4.51. The molecule has 4 rings (SSSR count). The molecule has 120 valence electrons. The molecule has 0 aliphatic carbocycles. The van der Waals surface area contributed by atoms with Crippen molar-refractivity contribution in [3.63, 3.8) is 0 Å². The summed E-state index contributed by atoms with van der Waals surface area (Å²) in [6, 6.07) is 0. The number of pyridine rings is 1. The summed E-state index contributed by atoms with van der Waals surface area (Å²) in [6.45, 7) is 1.55. The molecule has 0 radical (unpaired) electrons. The highest BCUT2D eigenvalue weighted by Crippen LogP contribution is 2.34. The Morgan fingerprint density at radius 3 is 3.17 bits per heavy atom. The van der Waals surface area contributed by atoms with Gasteiger partial charge in [0.25, 0.3) is 0 Å². The third kappa shape index (κ3) is 2.43. The third-order valence-electron chi connectivity index (χ3n) is 4.08. The Kier molecular flexibility index (Phi) is 3.42. The molecule has 9 heteroatoms. The van der Waals surface area contributed by atoms with Gasteiger partial charge in [-0.1, -0.05) is 16.8 Å². The topological polar surface area (TPSA) is 104 Å². The van der Waals surface area contributed by atoms with Crippen LogP contribution >= 0.6 is 11.6 Å². The van der Waals surface area contributed by atoms with Gasteiger partial charge < -0.3 is 19.8 Å². The van der Waals surface area contributed by atoms with Gasteiger partial charge in [0, 0.05) is 31.4 Å². The average Bonchev–Trinajstić information content (AvgIpc) is 3.26. The molecule has 1 amide bonds. The highest BCUT2D eigenvalue weighted by molar-refractivity contribution is 6.34. The van der Waals surface area contributed by atoms with Crippen LogP contribution in [-0.4, -0.2) is 56.8 Å². The van der Waals surface area contributed by atoms with Gasteiger partial charge in [0.2, 0.25) is 5.82 Å². The number of nitrogens with one attached hydrogen (secondary N) is 1. The smallest absolute Gasteiger partial charge is 0.316 e. The number of carbonyl (C=O) groups excluding carboxylic acids is 1. The van der Waals surface area contributed by atoms with Gasteiger partial charge >= 0.3 is 11.8 Å². The lowest BCUT2D eigenvalue weighted by Gasteiger charge is -2.11. The summed E-state index contributed by atoms with van der Waals surface area (Å²) in [5, 5.41) is 17.0. The number of amides is 1. The average molecular weight is 336 g/mol. The fourth-order valence-corrected chi connectivity index (χ4v) is 3.17. The number of likely N-dealkylation sites (tertiary alicyclic amines) is 1. The van der Waals surface area contributed by atoms with E-state index in [1.807, 2.05) is 0 Å². The van der Waals surface area contributed by atoms with Crippen LogP contribution in [-0.2, 0) is 6.42 Å². The number of rotatable bonds is 2. The van der Waals surface area contributed by atoms with Gasteiger partial charge in [0.15, 0.2) is 0 Å².